The molecular formula is C8H12N4O2. The molecule has 14 heavy (non-hydrogen) atoms. The molecule has 1 aromatic heterocycles. The third kappa shape index (κ3) is 1.69. The number of nitrogens with one attached hydrogen (secondary N) is 1. The Balaban J connectivity index is 2.07. The summed E-state index contributed by atoms with van der Waals surface area (Å²) >= 11 is 0. The number of H-pyrrole nitrogens is 1. The zero-order valence-corrected chi connectivity index (χ0v) is 7.69. The number of nitrogens with zero attached hydrogens (tertiary/aromatic N) is 2. The van der Waals surface area contributed by atoms with Crippen molar-refractivity contribution in [1.29, 1.82) is 0 Å². The van der Waals surface area contributed by atoms with Gasteiger partial charge in [-0.2, -0.15) is 5.10 Å². The first-order valence-corrected chi connectivity index (χ1v) is 4.45. The standard InChI is InChI=1S/C8H12N4O2/c9-7-5-6(10-11-7)8(13)12-1-3-14-4-2-12/h5H,1-4H2,(H3,9,10,11). The second-order valence-corrected chi connectivity index (χ2v) is 3.11. The molecule has 1 aromatic rings. The lowest BCUT2D eigenvalue weighted by atomic mass is 10.3. The van der Waals surface area contributed by atoms with Crippen LogP contribution in [-0.2, 0) is 4.74 Å². The topological polar surface area (TPSA) is 84.2 Å². The van der Waals surface area contributed by atoms with Gasteiger partial charge in [0, 0.05) is 19.2 Å². The highest BCUT2D eigenvalue weighted by Gasteiger charge is 2.19. The number of morpholine rings is 1. The first kappa shape index (κ1) is 9.01. The average Bonchev–Trinajstić information content (AvgIpc) is 2.65. The Morgan fingerprint density at radius 1 is 1.57 bits per heavy atom. The van der Waals surface area contributed by atoms with Crippen LogP contribution >= 0.6 is 0 Å². The summed E-state index contributed by atoms with van der Waals surface area (Å²) in [5, 5.41) is 6.30. The number of ether oxygens (including phenoxy) is 1. The number of aromatic amines is 1. The van der Waals surface area contributed by atoms with Crippen LogP contribution in [0.25, 0.3) is 0 Å². The van der Waals surface area contributed by atoms with E-state index in [1.54, 1.807) is 4.90 Å². The molecule has 0 unspecified atom stereocenters. The van der Waals surface area contributed by atoms with Crippen molar-refractivity contribution < 1.29 is 9.53 Å². The van der Waals surface area contributed by atoms with Gasteiger partial charge < -0.3 is 15.4 Å². The van der Waals surface area contributed by atoms with Crippen molar-refractivity contribution in [2.75, 3.05) is 32.0 Å². The molecule has 0 radical (unpaired) electrons. The molecule has 3 N–H and O–H groups in total. The van der Waals surface area contributed by atoms with Crippen molar-refractivity contribution in [2.24, 2.45) is 0 Å². The monoisotopic (exact) mass is 196 g/mol. The van der Waals surface area contributed by atoms with Crippen molar-refractivity contribution in [3.63, 3.8) is 0 Å². The van der Waals surface area contributed by atoms with Gasteiger partial charge in [-0.05, 0) is 0 Å². The highest BCUT2D eigenvalue weighted by molar-refractivity contribution is 5.93. The molecule has 2 rings (SSSR count). The zero-order chi connectivity index (χ0) is 9.97. The van der Waals surface area contributed by atoms with Gasteiger partial charge in [0.05, 0.1) is 13.2 Å². The smallest absolute Gasteiger partial charge is 0.272 e. The molecule has 0 aliphatic carbocycles. The summed E-state index contributed by atoms with van der Waals surface area (Å²) in [6, 6.07) is 1.54. The highest BCUT2D eigenvalue weighted by Crippen LogP contribution is 2.06. The fraction of sp³-hybridized carbons (Fsp3) is 0.500. The van der Waals surface area contributed by atoms with Crippen LogP contribution in [0.2, 0.25) is 0 Å². The van der Waals surface area contributed by atoms with Gasteiger partial charge in [0.1, 0.15) is 11.5 Å². The van der Waals surface area contributed by atoms with E-state index in [1.165, 1.54) is 6.07 Å². The van der Waals surface area contributed by atoms with E-state index >= 15 is 0 Å². The lowest BCUT2D eigenvalue weighted by Gasteiger charge is -2.26. The minimum absolute atomic E-state index is 0.0718. The number of rotatable bonds is 1. The van der Waals surface area contributed by atoms with Crippen molar-refractivity contribution in [2.45, 2.75) is 0 Å². The van der Waals surface area contributed by atoms with Crippen LogP contribution in [0, 0.1) is 0 Å². The number of hydrogen-bond acceptors (Lipinski definition) is 4. The van der Waals surface area contributed by atoms with Crippen molar-refractivity contribution in [3.05, 3.63) is 11.8 Å². The lowest BCUT2D eigenvalue weighted by Crippen LogP contribution is -2.40. The molecule has 1 fully saturated rings. The van der Waals surface area contributed by atoms with Gasteiger partial charge in [-0.1, -0.05) is 0 Å². The molecular weight excluding hydrogens is 184 g/mol. The van der Waals surface area contributed by atoms with Crippen LogP contribution < -0.4 is 5.73 Å². The van der Waals surface area contributed by atoms with E-state index in [-0.39, 0.29) is 5.91 Å². The van der Waals surface area contributed by atoms with Crippen LogP contribution in [0.5, 0.6) is 0 Å². The van der Waals surface area contributed by atoms with E-state index < -0.39 is 0 Å². The largest absolute Gasteiger partial charge is 0.382 e. The maximum Gasteiger partial charge on any atom is 0.272 e. The van der Waals surface area contributed by atoms with E-state index in [1.807, 2.05) is 0 Å². The first-order chi connectivity index (χ1) is 6.77. The zero-order valence-electron chi connectivity index (χ0n) is 7.69. The number of nitrogen functional groups attached to an aromatic ring is 1. The maximum atomic E-state index is 11.8. The Bertz CT molecular complexity index is 330. The lowest BCUT2D eigenvalue weighted by molar-refractivity contribution is 0.0299. The summed E-state index contributed by atoms with van der Waals surface area (Å²) in [6.45, 7) is 2.43. The third-order valence-corrected chi connectivity index (χ3v) is 2.13. The summed E-state index contributed by atoms with van der Waals surface area (Å²) in [6.07, 6.45) is 0. The minimum Gasteiger partial charge on any atom is -0.382 e. The van der Waals surface area contributed by atoms with E-state index in [4.69, 9.17) is 10.5 Å². The Morgan fingerprint density at radius 2 is 2.29 bits per heavy atom. The van der Waals surface area contributed by atoms with Crippen LogP contribution in [-0.4, -0.2) is 47.3 Å². The highest BCUT2D eigenvalue weighted by atomic mass is 16.5. The van der Waals surface area contributed by atoms with E-state index in [0.717, 1.165) is 0 Å². The number of amides is 1. The number of aromatic nitrogens is 2. The van der Waals surface area contributed by atoms with Crippen molar-refractivity contribution in [3.8, 4) is 0 Å². The van der Waals surface area contributed by atoms with Crippen molar-refractivity contribution in [1.82, 2.24) is 15.1 Å². The molecule has 6 heteroatoms. The van der Waals surface area contributed by atoms with Gasteiger partial charge in [0.15, 0.2) is 0 Å². The Labute approximate surface area is 81.0 Å². The van der Waals surface area contributed by atoms with Crippen LogP contribution in [0.1, 0.15) is 10.5 Å². The quantitative estimate of drug-likeness (QED) is 0.632. The molecule has 6 nitrogen and oxygen atoms in total. The van der Waals surface area contributed by atoms with E-state index in [9.17, 15) is 4.79 Å². The van der Waals surface area contributed by atoms with Crippen LogP contribution in [0.15, 0.2) is 6.07 Å². The third-order valence-electron chi connectivity index (χ3n) is 2.13. The van der Waals surface area contributed by atoms with Crippen LogP contribution in [0.4, 0.5) is 5.82 Å². The molecule has 76 valence electrons. The molecule has 1 saturated heterocycles. The minimum atomic E-state index is -0.0718. The molecule has 0 spiro atoms. The second-order valence-electron chi connectivity index (χ2n) is 3.11. The van der Waals surface area contributed by atoms with E-state index in [0.29, 0.717) is 37.8 Å². The summed E-state index contributed by atoms with van der Waals surface area (Å²) < 4.78 is 5.15. The summed E-state index contributed by atoms with van der Waals surface area (Å²) in [5.74, 6) is 0.263. The molecule has 2 heterocycles. The van der Waals surface area contributed by atoms with Gasteiger partial charge in [-0.25, -0.2) is 0 Å². The molecule has 0 atom stereocenters. The average molecular weight is 196 g/mol. The summed E-state index contributed by atoms with van der Waals surface area (Å²) in [5.41, 5.74) is 5.84. The Morgan fingerprint density at radius 3 is 2.86 bits per heavy atom. The molecule has 1 aliphatic heterocycles. The summed E-state index contributed by atoms with van der Waals surface area (Å²) in [4.78, 5) is 13.5. The van der Waals surface area contributed by atoms with Gasteiger partial charge in [-0.3, -0.25) is 9.89 Å². The van der Waals surface area contributed by atoms with Gasteiger partial charge in [0.25, 0.3) is 5.91 Å². The molecule has 1 aliphatic rings. The molecule has 0 aromatic carbocycles. The van der Waals surface area contributed by atoms with E-state index in [2.05, 4.69) is 10.2 Å². The SMILES string of the molecule is Nc1cc(C(=O)N2CCOCC2)[nH]n1. The number of hydrogen-bond donors (Lipinski definition) is 2. The van der Waals surface area contributed by atoms with Gasteiger partial charge in [-0.15, -0.1) is 0 Å². The fourth-order valence-corrected chi connectivity index (χ4v) is 1.38. The predicted molar refractivity (Wildman–Crippen MR) is 49.7 cm³/mol. The van der Waals surface area contributed by atoms with Gasteiger partial charge >= 0.3 is 0 Å². The molecule has 0 saturated carbocycles. The fourth-order valence-electron chi connectivity index (χ4n) is 1.38. The number of anilines is 1. The Hall–Kier alpha value is -1.56. The number of carbonyl (C=O) groups excluding carboxylic acids is 1. The second kappa shape index (κ2) is 3.67. The molecule has 0 bridgehead atoms. The van der Waals surface area contributed by atoms with Crippen molar-refractivity contribution >= 4 is 11.7 Å². The summed E-state index contributed by atoms with van der Waals surface area (Å²) in [7, 11) is 0. The Kier molecular flexibility index (Phi) is 2.36. The molecule has 1 amide bonds. The first-order valence-electron chi connectivity index (χ1n) is 4.45. The van der Waals surface area contributed by atoms with Gasteiger partial charge in [0.2, 0.25) is 0 Å². The normalized spacial score (nSPS) is 17.0. The predicted octanol–water partition coefficient (Wildman–Crippen LogP) is -0.536. The maximum absolute atomic E-state index is 11.8. The van der Waals surface area contributed by atoms with Crippen LogP contribution in [0.3, 0.4) is 0 Å². The number of carbonyl (C=O) groups is 1. The number of nitrogens with two attached hydrogens (primary N) is 1.